The lowest BCUT2D eigenvalue weighted by Gasteiger charge is -2.18. The van der Waals surface area contributed by atoms with E-state index in [0.717, 1.165) is 0 Å². The van der Waals surface area contributed by atoms with Gasteiger partial charge in [-0.25, -0.2) is 0 Å². The van der Waals surface area contributed by atoms with Gasteiger partial charge in [0.25, 0.3) is 0 Å². The van der Waals surface area contributed by atoms with Crippen LogP contribution in [-0.2, 0) is 9.59 Å². The molecule has 0 saturated heterocycles. The Labute approximate surface area is 83.4 Å². The van der Waals surface area contributed by atoms with Crippen molar-refractivity contribution < 1.29 is 14.7 Å². The van der Waals surface area contributed by atoms with Gasteiger partial charge in [0.15, 0.2) is 0 Å². The van der Waals surface area contributed by atoms with E-state index in [1.54, 1.807) is 7.05 Å². The molecule has 0 aromatic carbocycles. The van der Waals surface area contributed by atoms with Gasteiger partial charge in [0.1, 0.15) is 6.54 Å². The highest BCUT2D eigenvalue weighted by atomic mass is 16.4. The Kier molecular flexibility index (Phi) is 6.39. The molecule has 0 fully saturated rings. The summed E-state index contributed by atoms with van der Waals surface area (Å²) in [6, 6.07) is 0. The number of hydrogen-bond donors (Lipinski definition) is 2. The average Bonchev–Trinajstić information content (AvgIpc) is 2.13. The molecule has 2 N–H and O–H groups in total. The van der Waals surface area contributed by atoms with Gasteiger partial charge in [-0.15, -0.1) is 6.58 Å². The lowest BCUT2D eigenvalue weighted by Crippen LogP contribution is -2.36. The molecule has 0 saturated carbocycles. The van der Waals surface area contributed by atoms with Gasteiger partial charge in [-0.1, -0.05) is 6.08 Å². The van der Waals surface area contributed by atoms with Gasteiger partial charge in [-0.2, -0.15) is 0 Å². The third-order valence-corrected chi connectivity index (χ3v) is 1.62. The first-order chi connectivity index (χ1) is 6.61. The number of carbonyl (C=O) groups is 2. The predicted molar refractivity (Wildman–Crippen MR) is 53.0 cm³/mol. The molecule has 5 nitrogen and oxygen atoms in total. The van der Waals surface area contributed by atoms with E-state index in [1.807, 2.05) is 0 Å². The summed E-state index contributed by atoms with van der Waals surface area (Å²) in [7, 11) is 1.74. The van der Waals surface area contributed by atoms with Gasteiger partial charge in [-0.3, -0.25) is 9.59 Å². The van der Waals surface area contributed by atoms with Crippen LogP contribution in [0.5, 0.6) is 0 Å². The molecular formula is C9H16N2O3. The van der Waals surface area contributed by atoms with Crippen LogP contribution in [0.4, 0.5) is 0 Å². The summed E-state index contributed by atoms with van der Waals surface area (Å²) in [5.74, 6) is -1.19. The van der Waals surface area contributed by atoms with Gasteiger partial charge in [0, 0.05) is 19.5 Å². The molecule has 0 unspecified atom stereocenters. The van der Waals surface area contributed by atoms with Crippen LogP contribution in [0.3, 0.4) is 0 Å². The average molecular weight is 200 g/mol. The molecule has 0 aromatic rings. The van der Waals surface area contributed by atoms with Crippen LogP contribution in [-0.4, -0.2) is 48.6 Å². The largest absolute Gasteiger partial charge is 0.480 e. The van der Waals surface area contributed by atoms with Crippen molar-refractivity contribution in [3.05, 3.63) is 12.7 Å². The van der Waals surface area contributed by atoms with Crippen molar-refractivity contribution in [1.29, 1.82) is 0 Å². The second-order valence-corrected chi connectivity index (χ2v) is 2.81. The van der Waals surface area contributed by atoms with Crippen LogP contribution >= 0.6 is 0 Å². The number of carboxylic acid groups (broad SMARTS) is 1. The SMILES string of the molecule is C=CCN(CC(=O)O)C(=O)CCNC. The normalized spacial score (nSPS) is 9.50. The topological polar surface area (TPSA) is 69.6 Å². The third-order valence-electron chi connectivity index (χ3n) is 1.62. The van der Waals surface area contributed by atoms with E-state index < -0.39 is 5.97 Å². The molecule has 0 aromatic heterocycles. The Hall–Kier alpha value is -1.36. The predicted octanol–water partition coefficient (Wildman–Crippen LogP) is -0.305. The molecule has 0 radical (unpaired) electrons. The minimum Gasteiger partial charge on any atom is -0.480 e. The van der Waals surface area contributed by atoms with Crippen molar-refractivity contribution in [2.24, 2.45) is 0 Å². The van der Waals surface area contributed by atoms with Crippen molar-refractivity contribution in [2.75, 3.05) is 26.7 Å². The third kappa shape index (κ3) is 5.31. The van der Waals surface area contributed by atoms with Crippen molar-refractivity contribution in [3.63, 3.8) is 0 Å². The van der Waals surface area contributed by atoms with E-state index in [9.17, 15) is 9.59 Å². The highest BCUT2D eigenvalue weighted by Gasteiger charge is 2.14. The first kappa shape index (κ1) is 12.6. The standard InChI is InChI=1S/C9H16N2O3/c1-3-6-11(7-9(13)14)8(12)4-5-10-2/h3,10H,1,4-7H2,2H3,(H,13,14). The molecule has 0 atom stereocenters. The number of hydrogen-bond acceptors (Lipinski definition) is 3. The van der Waals surface area contributed by atoms with E-state index in [0.29, 0.717) is 13.0 Å². The highest BCUT2D eigenvalue weighted by molar-refractivity contribution is 5.81. The summed E-state index contributed by atoms with van der Waals surface area (Å²) < 4.78 is 0. The summed E-state index contributed by atoms with van der Waals surface area (Å²) in [5, 5.41) is 11.4. The summed E-state index contributed by atoms with van der Waals surface area (Å²) >= 11 is 0. The molecule has 0 bridgehead atoms. The fourth-order valence-corrected chi connectivity index (χ4v) is 0.964. The number of rotatable bonds is 7. The Bertz CT molecular complexity index is 216. The molecule has 0 spiro atoms. The Morgan fingerprint density at radius 3 is 2.64 bits per heavy atom. The van der Waals surface area contributed by atoms with Crippen LogP contribution in [0.15, 0.2) is 12.7 Å². The Morgan fingerprint density at radius 2 is 2.21 bits per heavy atom. The molecule has 5 heteroatoms. The number of carbonyl (C=O) groups excluding carboxylic acids is 1. The maximum atomic E-state index is 11.4. The van der Waals surface area contributed by atoms with Crippen molar-refractivity contribution in [2.45, 2.75) is 6.42 Å². The van der Waals surface area contributed by atoms with Gasteiger partial charge in [-0.05, 0) is 7.05 Å². The van der Waals surface area contributed by atoms with Crippen LogP contribution in [0.2, 0.25) is 0 Å². The van der Waals surface area contributed by atoms with Crippen LogP contribution in [0, 0.1) is 0 Å². The second kappa shape index (κ2) is 7.08. The summed E-state index contributed by atoms with van der Waals surface area (Å²) in [5.41, 5.74) is 0. The maximum absolute atomic E-state index is 11.4. The Balaban J connectivity index is 4.10. The van der Waals surface area contributed by atoms with Gasteiger partial charge >= 0.3 is 5.97 Å². The first-order valence-electron chi connectivity index (χ1n) is 4.37. The molecule has 0 aliphatic rings. The van der Waals surface area contributed by atoms with E-state index in [2.05, 4.69) is 11.9 Å². The highest BCUT2D eigenvalue weighted by Crippen LogP contribution is 1.94. The zero-order valence-corrected chi connectivity index (χ0v) is 8.32. The fraction of sp³-hybridized carbons (Fsp3) is 0.556. The van der Waals surface area contributed by atoms with Crippen LogP contribution in [0.1, 0.15) is 6.42 Å². The molecule has 0 heterocycles. The van der Waals surface area contributed by atoms with Gasteiger partial charge in [0.2, 0.25) is 5.91 Å². The number of nitrogens with one attached hydrogen (secondary N) is 1. The minimum absolute atomic E-state index is 0.179. The molecule has 0 aliphatic heterocycles. The minimum atomic E-state index is -1.01. The lowest BCUT2D eigenvalue weighted by molar-refractivity contribution is -0.144. The quantitative estimate of drug-likeness (QED) is 0.553. The van der Waals surface area contributed by atoms with Crippen molar-refractivity contribution in [3.8, 4) is 0 Å². The second-order valence-electron chi connectivity index (χ2n) is 2.81. The number of aliphatic carboxylic acids is 1. The zero-order valence-electron chi connectivity index (χ0n) is 8.32. The molecule has 1 amide bonds. The van der Waals surface area contributed by atoms with Crippen molar-refractivity contribution in [1.82, 2.24) is 10.2 Å². The first-order valence-corrected chi connectivity index (χ1v) is 4.37. The van der Waals surface area contributed by atoms with E-state index in [-0.39, 0.29) is 19.0 Å². The van der Waals surface area contributed by atoms with Crippen LogP contribution < -0.4 is 5.32 Å². The number of nitrogens with zero attached hydrogens (tertiary/aromatic N) is 1. The Morgan fingerprint density at radius 1 is 1.57 bits per heavy atom. The van der Waals surface area contributed by atoms with Gasteiger partial charge in [0.05, 0.1) is 0 Å². The summed E-state index contributed by atoms with van der Waals surface area (Å²) in [6.45, 7) is 4.02. The number of amides is 1. The lowest BCUT2D eigenvalue weighted by atomic mass is 10.3. The van der Waals surface area contributed by atoms with E-state index >= 15 is 0 Å². The summed E-state index contributed by atoms with van der Waals surface area (Å²) in [6.07, 6.45) is 1.82. The van der Waals surface area contributed by atoms with Crippen molar-refractivity contribution >= 4 is 11.9 Å². The monoisotopic (exact) mass is 200 g/mol. The van der Waals surface area contributed by atoms with Crippen LogP contribution in [0.25, 0.3) is 0 Å². The molecule has 0 aliphatic carbocycles. The summed E-state index contributed by atoms with van der Waals surface area (Å²) in [4.78, 5) is 23.1. The number of carboxylic acids is 1. The fourth-order valence-electron chi connectivity index (χ4n) is 0.964. The van der Waals surface area contributed by atoms with E-state index in [4.69, 9.17) is 5.11 Å². The molecule has 80 valence electrons. The zero-order chi connectivity index (χ0) is 11.0. The van der Waals surface area contributed by atoms with E-state index in [1.165, 1.54) is 11.0 Å². The molecule has 14 heavy (non-hydrogen) atoms. The maximum Gasteiger partial charge on any atom is 0.323 e. The molecular weight excluding hydrogens is 184 g/mol. The molecule has 0 rings (SSSR count). The van der Waals surface area contributed by atoms with Gasteiger partial charge < -0.3 is 15.3 Å². The smallest absolute Gasteiger partial charge is 0.323 e.